The quantitative estimate of drug-likeness (QED) is 0.783. The van der Waals surface area contributed by atoms with Gasteiger partial charge in [-0.05, 0) is 68.1 Å². The van der Waals surface area contributed by atoms with Gasteiger partial charge < -0.3 is 15.2 Å². The van der Waals surface area contributed by atoms with Gasteiger partial charge >= 0.3 is 5.97 Å². The van der Waals surface area contributed by atoms with Gasteiger partial charge in [-0.15, -0.1) is 0 Å². The second-order valence-electron chi connectivity index (χ2n) is 6.74. The third kappa shape index (κ3) is 5.09. The average molecular weight is 355 g/mol. The normalized spacial score (nSPS) is 12.9. The molecule has 26 heavy (non-hydrogen) atoms. The number of aryl methyl sites for hydroxylation is 2. The van der Waals surface area contributed by atoms with Crippen LogP contribution in [0.15, 0.2) is 42.5 Å². The Balaban J connectivity index is 2.00. The SMILES string of the molecule is CC[C@@](C)(Oc1ccc(CC(=O)Nc2cc(C)cc(C)c2)cc1)C(=O)O. The van der Waals surface area contributed by atoms with E-state index in [1.165, 1.54) is 0 Å². The summed E-state index contributed by atoms with van der Waals surface area (Å²) in [4.78, 5) is 23.5. The van der Waals surface area contributed by atoms with E-state index in [-0.39, 0.29) is 12.3 Å². The van der Waals surface area contributed by atoms with E-state index in [4.69, 9.17) is 4.74 Å². The fourth-order valence-electron chi connectivity index (χ4n) is 2.64. The van der Waals surface area contributed by atoms with Gasteiger partial charge in [-0.25, -0.2) is 4.79 Å². The molecule has 2 aromatic carbocycles. The predicted octanol–water partition coefficient (Wildman–Crippen LogP) is 4.12. The Kier molecular flexibility index (Phi) is 6.03. The van der Waals surface area contributed by atoms with Crippen molar-refractivity contribution in [3.63, 3.8) is 0 Å². The van der Waals surface area contributed by atoms with E-state index in [9.17, 15) is 14.7 Å². The minimum absolute atomic E-state index is 0.104. The number of anilines is 1. The van der Waals surface area contributed by atoms with Crippen molar-refractivity contribution in [1.82, 2.24) is 0 Å². The van der Waals surface area contributed by atoms with Crippen molar-refractivity contribution in [2.45, 2.75) is 46.1 Å². The molecule has 0 aliphatic carbocycles. The number of carbonyl (C=O) groups is 2. The number of rotatable bonds is 7. The number of ether oxygens (including phenoxy) is 1. The van der Waals surface area contributed by atoms with Crippen molar-refractivity contribution in [2.75, 3.05) is 5.32 Å². The Bertz CT molecular complexity index is 778. The van der Waals surface area contributed by atoms with Gasteiger partial charge in [-0.2, -0.15) is 0 Å². The molecule has 0 fully saturated rings. The summed E-state index contributed by atoms with van der Waals surface area (Å²) < 4.78 is 5.59. The van der Waals surface area contributed by atoms with Crippen molar-refractivity contribution in [1.29, 1.82) is 0 Å². The largest absolute Gasteiger partial charge is 0.478 e. The van der Waals surface area contributed by atoms with Crippen molar-refractivity contribution < 1.29 is 19.4 Å². The van der Waals surface area contributed by atoms with E-state index in [2.05, 4.69) is 11.4 Å². The van der Waals surface area contributed by atoms with Gasteiger partial charge in [-0.3, -0.25) is 4.79 Å². The molecule has 0 heterocycles. The second kappa shape index (κ2) is 8.04. The molecule has 5 heteroatoms. The number of hydrogen-bond donors (Lipinski definition) is 2. The zero-order valence-corrected chi connectivity index (χ0v) is 15.6. The molecule has 0 unspecified atom stereocenters. The van der Waals surface area contributed by atoms with Crippen LogP contribution >= 0.6 is 0 Å². The van der Waals surface area contributed by atoms with Gasteiger partial charge in [0.1, 0.15) is 5.75 Å². The predicted molar refractivity (Wildman–Crippen MR) is 102 cm³/mol. The number of amides is 1. The number of hydrogen-bond acceptors (Lipinski definition) is 3. The Hall–Kier alpha value is -2.82. The Labute approximate surface area is 154 Å². The number of nitrogens with one attached hydrogen (secondary N) is 1. The van der Waals surface area contributed by atoms with Gasteiger partial charge in [0.05, 0.1) is 6.42 Å². The summed E-state index contributed by atoms with van der Waals surface area (Å²) in [7, 11) is 0. The lowest BCUT2D eigenvalue weighted by molar-refractivity contribution is -0.154. The van der Waals surface area contributed by atoms with Gasteiger partial charge in [-0.1, -0.05) is 25.1 Å². The monoisotopic (exact) mass is 355 g/mol. The summed E-state index contributed by atoms with van der Waals surface area (Å²) in [6, 6.07) is 12.8. The van der Waals surface area contributed by atoms with Crippen molar-refractivity contribution in [3.8, 4) is 5.75 Å². The third-order valence-corrected chi connectivity index (χ3v) is 4.26. The first-order valence-corrected chi connectivity index (χ1v) is 8.61. The molecule has 0 aliphatic heterocycles. The number of carboxylic acid groups (broad SMARTS) is 1. The maximum absolute atomic E-state index is 12.2. The van der Waals surface area contributed by atoms with E-state index in [1.807, 2.05) is 26.0 Å². The highest BCUT2D eigenvalue weighted by molar-refractivity contribution is 5.92. The second-order valence-corrected chi connectivity index (χ2v) is 6.74. The molecule has 1 atom stereocenters. The molecule has 0 radical (unpaired) electrons. The molecule has 0 aliphatic rings. The summed E-state index contributed by atoms with van der Waals surface area (Å²) in [6.07, 6.45) is 0.583. The Morgan fingerprint density at radius 3 is 2.15 bits per heavy atom. The van der Waals surface area contributed by atoms with Gasteiger partial charge in [0.15, 0.2) is 0 Å². The molecule has 1 amide bonds. The van der Waals surface area contributed by atoms with E-state index in [0.717, 1.165) is 22.4 Å². The van der Waals surface area contributed by atoms with Crippen LogP contribution in [0.25, 0.3) is 0 Å². The maximum Gasteiger partial charge on any atom is 0.347 e. The van der Waals surface area contributed by atoms with E-state index in [1.54, 1.807) is 38.1 Å². The van der Waals surface area contributed by atoms with E-state index in [0.29, 0.717) is 12.2 Å². The number of aliphatic carboxylic acids is 1. The summed E-state index contributed by atoms with van der Waals surface area (Å²) in [5.41, 5.74) is 2.54. The zero-order valence-electron chi connectivity index (χ0n) is 15.6. The molecule has 5 nitrogen and oxygen atoms in total. The molecular weight excluding hydrogens is 330 g/mol. The third-order valence-electron chi connectivity index (χ3n) is 4.26. The fraction of sp³-hybridized carbons (Fsp3) is 0.333. The lowest BCUT2D eigenvalue weighted by Gasteiger charge is -2.24. The van der Waals surface area contributed by atoms with Crippen LogP contribution in [0.5, 0.6) is 5.75 Å². The Morgan fingerprint density at radius 2 is 1.65 bits per heavy atom. The van der Waals surface area contributed by atoms with Crippen LogP contribution in [0.2, 0.25) is 0 Å². The van der Waals surface area contributed by atoms with Crippen LogP contribution in [0, 0.1) is 13.8 Å². The molecule has 0 bridgehead atoms. The molecule has 0 saturated carbocycles. The van der Waals surface area contributed by atoms with Crippen LogP contribution in [0.4, 0.5) is 5.69 Å². The molecule has 2 N–H and O–H groups in total. The van der Waals surface area contributed by atoms with Crippen molar-refractivity contribution >= 4 is 17.6 Å². The van der Waals surface area contributed by atoms with E-state index < -0.39 is 11.6 Å². The zero-order chi connectivity index (χ0) is 19.3. The highest BCUT2D eigenvalue weighted by atomic mass is 16.5. The molecular formula is C21H25NO4. The molecule has 2 aromatic rings. The molecule has 2 rings (SSSR count). The summed E-state index contributed by atoms with van der Waals surface area (Å²) >= 11 is 0. The number of carboxylic acids is 1. The first-order valence-electron chi connectivity index (χ1n) is 8.61. The average Bonchev–Trinajstić information content (AvgIpc) is 2.55. The maximum atomic E-state index is 12.2. The lowest BCUT2D eigenvalue weighted by atomic mass is 10.0. The molecule has 0 spiro atoms. The number of benzene rings is 2. The summed E-state index contributed by atoms with van der Waals surface area (Å²) in [5, 5.41) is 12.2. The van der Waals surface area contributed by atoms with Gasteiger partial charge in [0.25, 0.3) is 0 Å². The smallest absolute Gasteiger partial charge is 0.347 e. The highest BCUT2D eigenvalue weighted by Gasteiger charge is 2.33. The standard InChI is InChI=1S/C21H25NO4/c1-5-21(4,20(24)25)26-18-8-6-16(7-9-18)13-19(23)22-17-11-14(2)10-15(3)12-17/h6-12H,5,13H2,1-4H3,(H,22,23)(H,24,25)/t21-/m1/s1. The van der Waals surface area contributed by atoms with Crippen LogP contribution in [0.3, 0.4) is 0 Å². The highest BCUT2D eigenvalue weighted by Crippen LogP contribution is 2.22. The van der Waals surface area contributed by atoms with Crippen LogP contribution in [-0.4, -0.2) is 22.6 Å². The number of carbonyl (C=O) groups excluding carboxylic acids is 1. The minimum atomic E-state index is -1.26. The lowest BCUT2D eigenvalue weighted by Crippen LogP contribution is -2.40. The van der Waals surface area contributed by atoms with Crippen molar-refractivity contribution in [3.05, 3.63) is 59.2 Å². The van der Waals surface area contributed by atoms with E-state index >= 15 is 0 Å². The molecule has 0 saturated heterocycles. The van der Waals surface area contributed by atoms with Crippen molar-refractivity contribution in [2.24, 2.45) is 0 Å². The topological polar surface area (TPSA) is 75.6 Å². The minimum Gasteiger partial charge on any atom is -0.478 e. The van der Waals surface area contributed by atoms with Gasteiger partial charge in [0.2, 0.25) is 11.5 Å². The molecule has 138 valence electrons. The van der Waals surface area contributed by atoms with Crippen LogP contribution in [-0.2, 0) is 16.0 Å². The fourth-order valence-corrected chi connectivity index (χ4v) is 2.64. The Morgan fingerprint density at radius 1 is 1.08 bits per heavy atom. The molecule has 0 aromatic heterocycles. The summed E-state index contributed by atoms with van der Waals surface area (Å²) in [5.74, 6) is -0.639. The first-order chi connectivity index (χ1) is 12.2. The first kappa shape index (κ1) is 19.5. The van der Waals surface area contributed by atoms with Crippen LogP contribution in [0.1, 0.15) is 37.0 Å². The van der Waals surface area contributed by atoms with Gasteiger partial charge in [0, 0.05) is 5.69 Å². The summed E-state index contributed by atoms with van der Waals surface area (Å²) in [6.45, 7) is 7.28. The van der Waals surface area contributed by atoms with Crippen LogP contribution < -0.4 is 10.1 Å².